The maximum Gasteiger partial charge on any atom is 0.357 e. The van der Waals surface area contributed by atoms with Gasteiger partial charge in [0, 0.05) is 6.54 Å². The molecule has 1 aliphatic rings. The largest absolute Gasteiger partial charge is 0.363 e. The summed E-state index contributed by atoms with van der Waals surface area (Å²) >= 11 is 0. The number of rotatable bonds is 2. The Hall–Kier alpha value is -1.35. The first kappa shape index (κ1) is 14.1. The molecule has 0 unspecified atom stereocenters. The molecule has 19 heavy (non-hydrogen) atoms. The van der Waals surface area contributed by atoms with Gasteiger partial charge in [-0.15, -0.1) is 5.06 Å². The number of hydrogen-bond donors (Lipinski definition) is 0. The Labute approximate surface area is 115 Å². The topological polar surface area (TPSA) is 29.5 Å². The van der Waals surface area contributed by atoms with E-state index in [1.165, 1.54) is 0 Å². The van der Waals surface area contributed by atoms with Gasteiger partial charge in [0.2, 0.25) is 0 Å². The highest BCUT2D eigenvalue weighted by Gasteiger charge is 2.46. The van der Waals surface area contributed by atoms with Crippen LogP contribution >= 0.6 is 0 Å². The summed E-state index contributed by atoms with van der Waals surface area (Å²) in [5.41, 5.74) is 0.569. The van der Waals surface area contributed by atoms with E-state index in [2.05, 4.69) is 27.7 Å². The van der Waals surface area contributed by atoms with Crippen molar-refractivity contribution in [2.24, 2.45) is 5.41 Å². The maximum absolute atomic E-state index is 12.1. The highest BCUT2D eigenvalue weighted by atomic mass is 16.7. The number of piperidine rings is 1. The molecule has 1 saturated heterocycles. The van der Waals surface area contributed by atoms with Crippen molar-refractivity contribution >= 4 is 5.97 Å². The summed E-state index contributed by atoms with van der Waals surface area (Å²) in [6, 6.07) is 9.16. The number of hydrogen-bond acceptors (Lipinski definition) is 3. The molecule has 104 valence electrons. The maximum atomic E-state index is 12.1. The van der Waals surface area contributed by atoms with Crippen LogP contribution in [0, 0.1) is 5.41 Å². The van der Waals surface area contributed by atoms with Gasteiger partial charge in [0.25, 0.3) is 0 Å². The van der Waals surface area contributed by atoms with Crippen LogP contribution in [-0.2, 0) is 4.84 Å². The summed E-state index contributed by atoms with van der Waals surface area (Å²) < 4.78 is 0. The Morgan fingerprint density at radius 2 is 1.79 bits per heavy atom. The van der Waals surface area contributed by atoms with Gasteiger partial charge in [-0.2, -0.15) is 0 Å². The normalized spacial score (nSPS) is 21.9. The molecule has 0 N–H and O–H groups in total. The predicted octanol–water partition coefficient (Wildman–Crippen LogP) is 3.66. The van der Waals surface area contributed by atoms with E-state index in [9.17, 15) is 4.79 Å². The van der Waals surface area contributed by atoms with Crippen molar-refractivity contribution in [2.45, 2.75) is 46.1 Å². The lowest BCUT2D eigenvalue weighted by molar-refractivity contribution is -0.218. The average Bonchev–Trinajstić information content (AvgIpc) is 2.36. The number of carbonyl (C=O) groups excluding carboxylic acids is 1. The van der Waals surface area contributed by atoms with Crippen LogP contribution in [0.4, 0.5) is 0 Å². The lowest BCUT2D eigenvalue weighted by atomic mass is 9.69. The summed E-state index contributed by atoms with van der Waals surface area (Å²) in [4.78, 5) is 17.8. The molecule has 2 rings (SSSR count). The lowest BCUT2D eigenvalue weighted by Crippen LogP contribution is -2.57. The van der Waals surface area contributed by atoms with Gasteiger partial charge in [-0.05, 0) is 44.2 Å². The van der Waals surface area contributed by atoms with E-state index in [4.69, 9.17) is 4.84 Å². The lowest BCUT2D eigenvalue weighted by Gasteiger charge is -2.51. The van der Waals surface area contributed by atoms with Crippen LogP contribution in [-0.4, -0.2) is 23.1 Å². The third kappa shape index (κ3) is 2.66. The second kappa shape index (κ2) is 4.97. The summed E-state index contributed by atoms with van der Waals surface area (Å²) in [6.45, 7) is 9.55. The summed E-state index contributed by atoms with van der Waals surface area (Å²) in [6.07, 6.45) is 2.21. The molecular weight excluding hydrogens is 238 g/mol. The summed E-state index contributed by atoms with van der Waals surface area (Å²) in [5, 5.41) is 1.85. The van der Waals surface area contributed by atoms with Gasteiger partial charge < -0.3 is 4.84 Å². The zero-order chi connectivity index (χ0) is 14.1. The fourth-order valence-electron chi connectivity index (χ4n) is 2.47. The van der Waals surface area contributed by atoms with Gasteiger partial charge in [-0.1, -0.05) is 32.0 Å². The third-order valence-electron chi connectivity index (χ3n) is 4.65. The van der Waals surface area contributed by atoms with E-state index in [1.54, 1.807) is 12.1 Å². The Morgan fingerprint density at radius 1 is 1.16 bits per heavy atom. The van der Waals surface area contributed by atoms with Gasteiger partial charge in [-0.25, -0.2) is 4.79 Å². The second-order valence-electron chi connectivity index (χ2n) is 6.39. The smallest absolute Gasteiger partial charge is 0.357 e. The van der Waals surface area contributed by atoms with Crippen molar-refractivity contribution < 1.29 is 9.63 Å². The molecule has 0 aromatic heterocycles. The fraction of sp³-hybridized carbons (Fsp3) is 0.562. The highest BCUT2D eigenvalue weighted by molar-refractivity contribution is 5.89. The Balaban J connectivity index is 2.13. The Morgan fingerprint density at radius 3 is 2.42 bits per heavy atom. The molecule has 0 radical (unpaired) electrons. The van der Waals surface area contributed by atoms with Crippen LogP contribution in [0.3, 0.4) is 0 Å². The monoisotopic (exact) mass is 261 g/mol. The molecule has 1 aliphatic heterocycles. The quantitative estimate of drug-likeness (QED) is 0.813. The van der Waals surface area contributed by atoms with E-state index in [1.807, 2.05) is 23.3 Å². The van der Waals surface area contributed by atoms with E-state index >= 15 is 0 Å². The van der Waals surface area contributed by atoms with Crippen LogP contribution in [0.2, 0.25) is 0 Å². The van der Waals surface area contributed by atoms with E-state index < -0.39 is 0 Å². The van der Waals surface area contributed by atoms with E-state index in [0.717, 1.165) is 19.4 Å². The van der Waals surface area contributed by atoms with Gasteiger partial charge in [0.05, 0.1) is 11.1 Å². The van der Waals surface area contributed by atoms with Gasteiger partial charge in [0.15, 0.2) is 0 Å². The molecule has 0 aliphatic carbocycles. The average molecular weight is 261 g/mol. The van der Waals surface area contributed by atoms with Crippen LogP contribution in [0.15, 0.2) is 30.3 Å². The van der Waals surface area contributed by atoms with Crippen molar-refractivity contribution in [3.8, 4) is 0 Å². The number of hydroxylamine groups is 2. The van der Waals surface area contributed by atoms with Gasteiger partial charge >= 0.3 is 5.97 Å². The molecule has 1 aromatic rings. The highest BCUT2D eigenvalue weighted by Crippen LogP contribution is 2.43. The van der Waals surface area contributed by atoms with Crippen LogP contribution in [0.5, 0.6) is 0 Å². The van der Waals surface area contributed by atoms with E-state index in [-0.39, 0.29) is 16.9 Å². The molecule has 3 heteroatoms. The molecule has 1 fully saturated rings. The SMILES string of the molecule is CC1(C)CCCN(OC(=O)c2ccccc2)C1(C)C. The van der Waals surface area contributed by atoms with Crippen molar-refractivity contribution in [1.29, 1.82) is 0 Å². The summed E-state index contributed by atoms with van der Waals surface area (Å²) in [5.74, 6) is -0.272. The predicted molar refractivity (Wildman–Crippen MR) is 75.7 cm³/mol. The molecule has 3 nitrogen and oxygen atoms in total. The molecule has 1 heterocycles. The van der Waals surface area contributed by atoms with Crippen LogP contribution < -0.4 is 0 Å². The minimum absolute atomic E-state index is 0.127. The molecule has 0 bridgehead atoms. The van der Waals surface area contributed by atoms with Crippen molar-refractivity contribution in [3.63, 3.8) is 0 Å². The Kier molecular flexibility index (Phi) is 3.68. The Bertz CT molecular complexity index is 451. The number of nitrogens with zero attached hydrogens (tertiary/aromatic N) is 1. The standard InChI is InChI=1S/C16H23NO2/c1-15(2)11-8-12-17(16(15,3)4)19-14(18)13-9-6-5-7-10-13/h5-7,9-10H,8,11-12H2,1-4H3. The zero-order valence-electron chi connectivity index (χ0n) is 12.3. The summed E-state index contributed by atoms with van der Waals surface area (Å²) in [7, 11) is 0. The fourth-order valence-corrected chi connectivity index (χ4v) is 2.47. The van der Waals surface area contributed by atoms with Gasteiger partial charge in [0.1, 0.15) is 0 Å². The molecule has 0 saturated carbocycles. The minimum Gasteiger partial charge on any atom is -0.363 e. The van der Waals surface area contributed by atoms with Crippen molar-refractivity contribution in [3.05, 3.63) is 35.9 Å². The molecule has 0 atom stereocenters. The first-order valence-corrected chi connectivity index (χ1v) is 6.89. The third-order valence-corrected chi connectivity index (χ3v) is 4.65. The molecule has 1 aromatic carbocycles. The van der Waals surface area contributed by atoms with Crippen molar-refractivity contribution in [1.82, 2.24) is 5.06 Å². The number of benzene rings is 1. The molecular formula is C16H23NO2. The number of carbonyl (C=O) groups is 1. The molecule has 0 amide bonds. The minimum atomic E-state index is -0.272. The van der Waals surface area contributed by atoms with Crippen LogP contribution in [0.1, 0.15) is 50.9 Å². The van der Waals surface area contributed by atoms with Gasteiger partial charge in [-0.3, -0.25) is 0 Å². The second-order valence-corrected chi connectivity index (χ2v) is 6.39. The van der Waals surface area contributed by atoms with Crippen LogP contribution in [0.25, 0.3) is 0 Å². The zero-order valence-corrected chi connectivity index (χ0v) is 12.3. The first-order valence-electron chi connectivity index (χ1n) is 6.89. The molecule has 0 spiro atoms. The van der Waals surface area contributed by atoms with E-state index in [0.29, 0.717) is 5.56 Å². The van der Waals surface area contributed by atoms with Crippen molar-refractivity contribution in [2.75, 3.05) is 6.54 Å². The first-order chi connectivity index (χ1) is 8.84.